The van der Waals surface area contributed by atoms with Gasteiger partial charge in [-0.2, -0.15) is 0 Å². The van der Waals surface area contributed by atoms with Crippen molar-refractivity contribution in [1.29, 1.82) is 0 Å². The molecule has 4 nitrogen and oxygen atoms in total. The van der Waals surface area contributed by atoms with Gasteiger partial charge in [-0.15, -0.1) is 0 Å². The number of nitrogens with zero attached hydrogens (tertiary/aromatic N) is 3. The van der Waals surface area contributed by atoms with Gasteiger partial charge in [-0.3, -0.25) is 0 Å². The van der Waals surface area contributed by atoms with Crippen molar-refractivity contribution in [3.8, 4) is 0 Å². The summed E-state index contributed by atoms with van der Waals surface area (Å²) in [6, 6.07) is 2.57. The summed E-state index contributed by atoms with van der Waals surface area (Å²) >= 11 is 6.02. The highest BCUT2D eigenvalue weighted by Gasteiger charge is 2.15. The van der Waals surface area contributed by atoms with E-state index in [1.807, 2.05) is 11.6 Å². The first kappa shape index (κ1) is 15.1. The predicted octanol–water partition coefficient (Wildman–Crippen LogP) is 3.23. The van der Waals surface area contributed by atoms with Crippen LogP contribution in [-0.4, -0.2) is 20.7 Å². The highest BCUT2D eigenvalue weighted by atomic mass is 35.5. The summed E-state index contributed by atoms with van der Waals surface area (Å²) < 4.78 is 4.06. The maximum absolute atomic E-state index is 6.02. The van der Waals surface area contributed by atoms with E-state index in [-0.39, 0.29) is 0 Å². The van der Waals surface area contributed by atoms with Crippen molar-refractivity contribution < 1.29 is 0 Å². The third kappa shape index (κ3) is 3.25. The molecule has 0 saturated carbocycles. The fourth-order valence-corrected chi connectivity index (χ4v) is 2.58. The van der Waals surface area contributed by atoms with E-state index in [0.29, 0.717) is 17.1 Å². The van der Waals surface area contributed by atoms with E-state index in [2.05, 4.69) is 54.1 Å². The SMILES string of the molecule is CCNC(c1ccn(Cc2ncc(Cl)n2C)c1)C(C)C. The molecule has 0 saturated heterocycles. The molecule has 5 heteroatoms. The van der Waals surface area contributed by atoms with Gasteiger partial charge < -0.3 is 14.5 Å². The van der Waals surface area contributed by atoms with Gasteiger partial charge in [-0.1, -0.05) is 32.4 Å². The zero-order valence-corrected chi connectivity index (χ0v) is 13.4. The Hall–Kier alpha value is -1.26. The predicted molar refractivity (Wildman–Crippen MR) is 83.0 cm³/mol. The molecular weight excluding hydrogens is 272 g/mol. The molecule has 2 heterocycles. The normalized spacial score (nSPS) is 13.1. The van der Waals surface area contributed by atoms with E-state index in [1.54, 1.807) is 6.20 Å². The molecule has 0 spiro atoms. The summed E-state index contributed by atoms with van der Waals surface area (Å²) in [5.41, 5.74) is 1.32. The molecule has 0 aromatic carbocycles. The van der Waals surface area contributed by atoms with E-state index in [1.165, 1.54) is 5.56 Å². The van der Waals surface area contributed by atoms with E-state index in [4.69, 9.17) is 11.6 Å². The van der Waals surface area contributed by atoms with E-state index < -0.39 is 0 Å². The molecule has 0 bridgehead atoms. The van der Waals surface area contributed by atoms with Crippen molar-refractivity contribution in [2.24, 2.45) is 13.0 Å². The number of rotatable bonds is 6. The first-order chi connectivity index (χ1) is 9.52. The second-order valence-corrected chi connectivity index (χ2v) is 5.84. The summed E-state index contributed by atoms with van der Waals surface area (Å²) in [5, 5.41) is 4.20. The first-order valence-corrected chi connectivity index (χ1v) is 7.45. The molecule has 1 atom stereocenters. The minimum absolute atomic E-state index is 0.395. The highest BCUT2D eigenvalue weighted by molar-refractivity contribution is 6.29. The second kappa shape index (κ2) is 6.46. The van der Waals surface area contributed by atoms with Gasteiger partial charge in [0.2, 0.25) is 0 Å². The van der Waals surface area contributed by atoms with Gasteiger partial charge in [0, 0.05) is 25.5 Å². The molecule has 2 aromatic heterocycles. The fourth-order valence-electron chi connectivity index (χ4n) is 2.43. The van der Waals surface area contributed by atoms with Crippen molar-refractivity contribution in [2.75, 3.05) is 6.54 Å². The second-order valence-electron chi connectivity index (χ2n) is 5.45. The number of aromatic nitrogens is 3. The third-order valence-electron chi connectivity index (χ3n) is 3.57. The molecule has 0 aliphatic heterocycles. The Bertz CT molecular complexity index is 556. The topological polar surface area (TPSA) is 34.8 Å². The van der Waals surface area contributed by atoms with Crippen LogP contribution in [0.5, 0.6) is 0 Å². The summed E-state index contributed by atoms with van der Waals surface area (Å²) in [6.45, 7) is 8.33. The fraction of sp³-hybridized carbons (Fsp3) is 0.533. The molecule has 2 rings (SSSR count). The Kier molecular flexibility index (Phi) is 4.89. The minimum Gasteiger partial charge on any atom is -0.346 e. The van der Waals surface area contributed by atoms with Gasteiger partial charge in [0.05, 0.1) is 12.7 Å². The van der Waals surface area contributed by atoms with Crippen LogP contribution >= 0.6 is 11.6 Å². The van der Waals surface area contributed by atoms with E-state index >= 15 is 0 Å². The molecular formula is C15H23ClN4. The Morgan fingerprint density at radius 1 is 1.40 bits per heavy atom. The van der Waals surface area contributed by atoms with Crippen LogP contribution in [0.1, 0.15) is 38.2 Å². The van der Waals surface area contributed by atoms with Crippen LogP contribution < -0.4 is 5.32 Å². The Labute approximate surface area is 125 Å². The van der Waals surface area contributed by atoms with Gasteiger partial charge >= 0.3 is 0 Å². The largest absolute Gasteiger partial charge is 0.346 e. The van der Waals surface area contributed by atoms with Crippen molar-refractivity contribution in [1.82, 2.24) is 19.4 Å². The monoisotopic (exact) mass is 294 g/mol. The van der Waals surface area contributed by atoms with Crippen LogP contribution in [0.2, 0.25) is 5.15 Å². The standard InChI is InChI=1S/C15H23ClN4/c1-5-17-15(11(2)3)12-6-7-20(9-12)10-14-18-8-13(16)19(14)4/h6-9,11,15,17H,5,10H2,1-4H3. The van der Waals surface area contributed by atoms with Crippen molar-refractivity contribution in [3.63, 3.8) is 0 Å². The average Bonchev–Trinajstić information content (AvgIpc) is 2.98. The number of imidazole rings is 1. The summed E-state index contributed by atoms with van der Waals surface area (Å²) in [4.78, 5) is 4.33. The molecule has 1 N–H and O–H groups in total. The lowest BCUT2D eigenvalue weighted by Crippen LogP contribution is -2.25. The van der Waals surface area contributed by atoms with Gasteiger partial charge in [-0.25, -0.2) is 4.98 Å². The van der Waals surface area contributed by atoms with E-state index in [0.717, 1.165) is 18.9 Å². The zero-order chi connectivity index (χ0) is 14.7. The van der Waals surface area contributed by atoms with Gasteiger partial charge in [0.15, 0.2) is 0 Å². The van der Waals surface area contributed by atoms with Gasteiger partial charge in [0.25, 0.3) is 0 Å². The van der Waals surface area contributed by atoms with Crippen molar-refractivity contribution in [3.05, 3.63) is 41.2 Å². The number of hydrogen-bond donors (Lipinski definition) is 1. The Balaban J connectivity index is 2.14. The van der Waals surface area contributed by atoms with Crippen molar-refractivity contribution >= 4 is 11.6 Å². The lowest BCUT2D eigenvalue weighted by atomic mass is 9.98. The van der Waals surface area contributed by atoms with Crippen LogP contribution in [0, 0.1) is 5.92 Å². The molecule has 0 aliphatic carbocycles. The lowest BCUT2D eigenvalue weighted by molar-refractivity contribution is 0.421. The maximum atomic E-state index is 6.02. The quantitative estimate of drug-likeness (QED) is 0.888. The molecule has 0 amide bonds. The van der Waals surface area contributed by atoms with Crippen molar-refractivity contribution in [2.45, 2.75) is 33.4 Å². The number of halogens is 1. The van der Waals surface area contributed by atoms with Crippen LogP contribution in [0.3, 0.4) is 0 Å². The third-order valence-corrected chi connectivity index (χ3v) is 3.93. The molecule has 1 unspecified atom stereocenters. The van der Waals surface area contributed by atoms with Crippen LogP contribution in [-0.2, 0) is 13.6 Å². The van der Waals surface area contributed by atoms with Gasteiger partial charge in [-0.05, 0) is 24.1 Å². The molecule has 0 aliphatic rings. The molecule has 2 aromatic rings. The molecule has 0 fully saturated rings. The highest BCUT2D eigenvalue weighted by Crippen LogP contribution is 2.22. The summed E-state index contributed by atoms with van der Waals surface area (Å²) in [6.07, 6.45) is 5.98. The number of hydrogen-bond acceptors (Lipinski definition) is 2. The number of nitrogens with one attached hydrogen (secondary N) is 1. The van der Waals surface area contributed by atoms with Crippen LogP contribution in [0.4, 0.5) is 0 Å². The smallest absolute Gasteiger partial charge is 0.129 e. The Morgan fingerprint density at radius 3 is 2.70 bits per heavy atom. The molecule has 20 heavy (non-hydrogen) atoms. The van der Waals surface area contributed by atoms with E-state index in [9.17, 15) is 0 Å². The van der Waals surface area contributed by atoms with Crippen LogP contribution in [0.25, 0.3) is 0 Å². The first-order valence-electron chi connectivity index (χ1n) is 7.08. The molecule has 0 radical (unpaired) electrons. The summed E-state index contributed by atoms with van der Waals surface area (Å²) in [7, 11) is 1.94. The zero-order valence-electron chi connectivity index (χ0n) is 12.6. The Morgan fingerprint density at radius 2 is 2.15 bits per heavy atom. The minimum atomic E-state index is 0.395. The van der Waals surface area contributed by atoms with Gasteiger partial charge in [0.1, 0.15) is 11.0 Å². The van der Waals surface area contributed by atoms with Crippen LogP contribution in [0.15, 0.2) is 24.7 Å². The summed E-state index contributed by atoms with van der Waals surface area (Å²) in [5.74, 6) is 1.52. The lowest BCUT2D eigenvalue weighted by Gasteiger charge is -2.20. The maximum Gasteiger partial charge on any atom is 0.129 e. The average molecular weight is 295 g/mol. The molecule has 110 valence electrons.